The zero-order valence-electron chi connectivity index (χ0n) is 15.9. The Balaban J connectivity index is 1.51. The molecule has 0 amide bonds. The maximum atomic E-state index is 4.79. The molecule has 5 rings (SSSR count). The normalized spacial score (nSPS) is 12.5. The lowest BCUT2D eigenvalue weighted by Gasteiger charge is -2.04. The minimum atomic E-state index is 0.753. The first kappa shape index (κ1) is 16.5. The van der Waals surface area contributed by atoms with Crippen LogP contribution in [0.4, 0.5) is 0 Å². The average Bonchev–Trinajstić information content (AvgIpc) is 3.18. The van der Waals surface area contributed by atoms with Gasteiger partial charge in [0.25, 0.3) is 0 Å². The van der Waals surface area contributed by atoms with Gasteiger partial charge in [-0.25, -0.2) is 4.98 Å². The molecule has 1 N–H and O–H groups in total. The highest BCUT2D eigenvalue weighted by atomic mass is 15.3. The van der Waals surface area contributed by atoms with Crippen molar-refractivity contribution in [1.29, 1.82) is 0 Å². The molecule has 28 heavy (non-hydrogen) atoms. The maximum absolute atomic E-state index is 4.79. The van der Waals surface area contributed by atoms with E-state index < -0.39 is 0 Å². The molecule has 1 aliphatic rings. The van der Waals surface area contributed by atoms with Gasteiger partial charge in [0.1, 0.15) is 5.69 Å². The predicted molar refractivity (Wildman–Crippen MR) is 114 cm³/mol. The molecule has 0 unspecified atom stereocenters. The van der Waals surface area contributed by atoms with Gasteiger partial charge >= 0.3 is 0 Å². The summed E-state index contributed by atoms with van der Waals surface area (Å²) in [5.74, 6) is 0.796. The van der Waals surface area contributed by atoms with Crippen LogP contribution in [-0.2, 0) is 6.54 Å². The van der Waals surface area contributed by atoms with Gasteiger partial charge in [0.2, 0.25) is 0 Å². The summed E-state index contributed by atoms with van der Waals surface area (Å²) in [6.07, 6.45) is 7.99. The van der Waals surface area contributed by atoms with Crippen LogP contribution in [0.5, 0.6) is 0 Å². The average molecular weight is 364 g/mol. The molecule has 0 atom stereocenters. The van der Waals surface area contributed by atoms with Gasteiger partial charge in [-0.3, -0.25) is 4.68 Å². The molecule has 0 aliphatic heterocycles. The number of nitrogens with one attached hydrogen (secondary N) is 1. The van der Waals surface area contributed by atoms with Gasteiger partial charge in [-0.1, -0.05) is 42.0 Å². The molecule has 0 saturated heterocycles. The number of hydrogen-bond donors (Lipinski definition) is 1. The van der Waals surface area contributed by atoms with Crippen molar-refractivity contribution in [3.8, 4) is 11.5 Å². The van der Waals surface area contributed by atoms with E-state index in [0.717, 1.165) is 45.9 Å². The molecule has 0 bridgehead atoms. The third-order valence-corrected chi connectivity index (χ3v) is 5.07. The molecule has 4 aromatic rings. The van der Waals surface area contributed by atoms with Crippen LogP contribution in [0, 0.1) is 13.8 Å². The number of rotatable bonds is 3. The van der Waals surface area contributed by atoms with Gasteiger partial charge in [0.05, 0.1) is 17.6 Å². The molecule has 2 aromatic heterocycles. The van der Waals surface area contributed by atoms with Gasteiger partial charge in [0.15, 0.2) is 5.82 Å². The van der Waals surface area contributed by atoms with E-state index in [9.17, 15) is 0 Å². The SMILES string of the molecule is Cc1ccc(Cn2nc(-c3nc4cc5c(cc4[nH]3)C=CC=C=C5)cc2C)cc1. The number of benzene rings is 2. The summed E-state index contributed by atoms with van der Waals surface area (Å²) < 4.78 is 2.03. The number of imidazole rings is 1. The van der Waals surface area contributed by atoms with Crippen molar-refractivity contribution in [3.05, 3.63) is 88.3 Å². The Hall–Kier alpha value is -3.62. The van der Waals surface area contributed by atoms with Gasteiger partial charge in [0, 0.05) is 5.69 Å². The van der Waals surface area contributed by atoms with E-state index in [1.165, 1.54) is 11.1 Å². The number of aromatic amines is 1. The van der Waals surface area contributed by atoms with Crippen molar-refractivity contribution in [2.45, 2.75) is 20.4 Å². The Bertz CT molecular complexity index is 1280. The number of hydrogen-bond acceptors (Lipinski definition) is 2. The van der Waals surface area contributed by atoms with Gasteiger partial charge in [-0.05, 0) is 60.9 Å². The Morgan fingerprint density at radius 1 is 1.04 bits per heavy atom. The van der Waals surface area contributed by atoms with E-state index in [-0.39, 0.29) is 0 Å². The second-order valence-electron chi connectivity index (χ2n) is 7.23. The standard InChI is InChI=1S/C24H20N4/c1-16-8-10-18(11-9-16)15-28-17(2)12-23(27-28)24-25-21-13-19-6-4-3-5-7-20(19)14-22(21)26-24/h3-4,6-14H,15H2,1-2H3,(H,25,26). The zero-order valence-corrected chi connectivity index (χ0v) is 15.9. The molecular weight excluding hydrogens is 344 g/mol. The second kappa shape index (κ2) is 6.52. The Morgan fingerprint density at radius 3 is 2.75 bits per heavy atom. The molecule has 0 spiro atoms. The van der Waals surface area contributed by atoms with Crippen molar-refractivity contribution in [2.24, 2.45) is 0 Å². The Labute approximate surface area is 163 Å². The van der Waals surface area contributed by atoms with Crippen LogP contribution in [0.1, 0.15) is 27.9 Å². The fourth-order valence-corrected chi connectivity index (χ4v) is 3.48. The minimum absolute atomic E-state index is 0.753. The topological polar surface area (TPSA) is 46.5 Å². The summed E-state index contributed by atoms with van der Waals surface area (Å²) in [6.45, 7) is 4.93. The first-order chi connectivity index (χ1) is 13.7. The summed E-state index contributed by atoms with van der Waals surface area (Å²) in [5, 5.41) is 4.79. The van der Waals surface area contributed by atoms with Crippen molar-refractivity contribution >= 4 is 23.2 Å². The summed E-state index contributed by atoms with van der Waals surface area (Å²) in [7, 11) is 0. The van der Waals surface area contributed by atoms with Crippen LogP contribution in [-0.4, -0.2) is 19.7 Å². The van der Waals surface area contributed by atoms with Crippen LogP contribution < -0.4 is 0 Å². The number of nitrogens with zero attached hydrogens (tertiary/aromatic N) is 3. The van der Waals surface area contributed by atoms with E-state index in [1.807, 2.05) is 22.9 Å². The van der Waals surface area contributed by atoms with E-state index in [1.54, 1.807) is 0 Å². The fraction of sp³-hybridized carbons (Fsp3) is 0.125. The first-order valence-electron chi connectivity index (χ1n) is 9.39. The number of H-pyrrole nitrogens is 1. The van der Waals surface area contributed by atoms with Crippen molar-refractivity contribution in [2.75, 3.05) is 0 Å². The highest BCUT2D eigenvalue weighted by Gasteiger charge is 2.13. The lowest BCUT2D eigenvalue weighted by Crippen LogP contribution is -2.03. The van der Waals surface area contributed by atoms with E-state index in [0.29, 0.717) is 0 Å². The summed E-state index contributed by atoms with van der Waals surface area (Å²) in [4.78, 5) is 8.21. The van der Waals surface area contributed by atoms with Crippen LogP contribution in [0.3, 0.4) is 0 Å². The van der Waals surface area contributed by atoms with Crippen LogP contribution in [0.2, 0.25) is 0 Å². The zero-order chi connectivity index (χ0) is 19.1. The van der Waals surface area contributed by atoms with Crippen molar-refractivity contribution in [1.82, 2.24) is 19.7 Å². The van der Waals surface area contributed by atoms with Crippen LogP contribution in [0.15, 0.2) is 60.3 Å². The Kier molecular flexibility index (Phi) is 3.85. The Morgan fingerprint density at radius 2 is 1.89 bits per heavy atom. The van der Waals surface area contributed by atoms with Gasteiger partial charge in [-0.2, -0.15) is 5.10 Å². The molecule has 0 radical (unpaired) electrons. The van der Waals surface area contributed by atoms with E-state index in [2.05, 4.69) is 73.1 Å². The molecule has 0 fully saturated rings. The number of aromatic nitrogens is 4. The smallest absolute Gasteiger partial charge is 0.159 e. The highest BCUT2D eigenvalue weighted by Crippen LogP contribution is 2.25. The van der Waals surface area contributed by atoms with Gasteiger partial charge < -0.3 is 4.98 Å². The van der Waals surface area contributed by atoms with Crippen molar-refractivity contribution < 1.29 is 0 Å². The summed E-state index contributed by atoms with van der Waals surface area (Å²) in [5.41, 5.74) is 11.9. The van der Waals surface area contributed by atoms with Crippen LogP contribution >= 0.6 is 0 Å². The summed E-state index contributed by atoms with van der Waals surface area (Å²) in [6, 6.07) is 14.9. The number of aryl methyl sites for hydroxylation is 2. The molecule has 4 heteroatoms. The van der Waals surface area contributed by atoms with E-state index in [4.69, 9.17) is 10.1 Å². The van der Waals surface area contributed by atoms with Crippen LogP contribution in [0.25, 0.3) is 34.7 Å². The largest absolute Gasteiger partial charge is 0.337 e. The molecule has 4 nitrogen and oxygen atoms in total. The quantitative estimate of drug-likeness (QED) is 0.502. The second-order valence-corrected chi connectivity index (χ2v) is 7.23. The molecule has 136 valence electrons. The molecule has 0 saturated carbocycles. The number of allylic oxidation sites excluding steroid dienone is 2. The summed E-state index contributed by atoms with van der Waals surface area (Å²) >= 11 is 0. The van der Waals surface area contributed by atoms with Gasteiger partial charge in [-0.15, -0.1) is 5.73 Å². The highest BCUT2D eigenvalue weighted by molar-refractivity contribution is 5.86. The predicted octanol–water partition coefficient (Wildman–Crippen LogP) is 5.29. The molecule has 2 aromatic carbocycles. The number of fused-ring (bicyclic) bond motifs is 2. The third-order valence-electron chi connectivity index (χ3n) is 5.07. The lowest BCUT2D eigenvalue weighted by molar-refractivity contribution is 0.666. The molecule has 1 aliphatic carbocycles. The van der Waals surface area contributed by atoms with E-state index >= 15 is 0 Å². The molecule has 2 heterocycles. The molecular formula is C24H20N4. The third kappa shape index (κ3) is 3.00. The maximum Gasteiger partial charge on any atom is 0.159 e. The lowest BCUT2D eigenvalue weighted by atomic mass is 10.1. The van der Waals surface area contributed by atoms with Crippen molar-refractivity contribution in [3.63, 3.8) is 0 Å². The fourth-order valence-electron chi connectivity index (χ4n) is 3.48. The minimum Gasteiger partial charge on any atom is -0.337 e. The monoisotopic (exact) mass is 364 g/mol. The first-order valence-corrected chi connectivity index (χ1v) is 9.39.